The molecule has 1 unspecified atom stereocenters. The van der Waals surface area contributed by atoms with Crippen LogP contribution in [0.5, 0.6) is 0 Å². The lowest BCUT2D eigenvalue weighted by atomic mass is 9.91. The Bertz CT molecular complexity index is 323. The zero-order valence-electron chi connectivity index (χ0n) is 13.2. The Morgan fingerprint density at radius 3 is 2.32 bits per heavy atom. The number of carbonyl (C=O) groups is 1. The molecule has 112 valence electrons. The van der Waals surface area contributed by atoms with Gasteiger partial charge in [0, 0.05) is 18.5 Å². The van der Waals surface area contributed by atoms with E-state index in [4.69, 9.17) is 9.84 Å². The number of carboxylic acids is 1. The lowest BCUT2D eigenvalue weighted by Crippen LogP contribution is -2.50. The highest BCUT2D eigenvalue weighted by molar-refractivity contribution is 5.66. The summed E-state index contributed by atoms with van der Waals surface area (Å²) in [6, 6.07) is 0.742. The first-order chi connectivity index (χ1) is 8.55. The Hall–Kier alpha value is -0.610. The molecule has 0 radical (unpaired) electrons. The highest BCUT2D eigenvalue weighted by Crippen LogP contribution is 2.40. The van der Waals surface area contributed by atoms with Crippen molar-refractivity contribution in [2.75, 3.05) is 6.54 Å². The fourth-order valence-electron chi connectivity index (χ4n) is 3.24. The minimum absolute atomic E-state index is 0.103. The Balaban J connectivity index is 2.73. The topological polar surface area (TPSA) is 49.8 Å². The van der Waals surface area contributed by atoms with Crippen molar-refractivity contribution in [2.45, 2.75) is 84.1 Å². The third-order valence-corrected chi connectivity index (χ3v) is 3.90. The average molecular weight is 271 g/mol. The molecule has 0 spiro atoms. The van der Waals surface area contributed by atoms with Crippen molar-refractivity contribution in [2.24, 2.45) is 0 Å². The lowest BCUT2D eigenvalue weighted by Gasteiger charge is -2.39. The van der Waals surface area contributed by atoms with E-state index >= 15 is 0 Å². The smallest absolute Gasteiger partial charge is 0.303 e. The minimum atomic E-state index is -0.717. The molecule has 1 aliphatic heterocycles. The summed E-state index contributed by atoms with van der Waals surface area (Å²) in [4.78, 5) is 13.1. The molecular weight excluding hydrogens is 242 g/mol. The molecule has 1 N–H and O–H groups in total. The quantitative estimate of drug-likeness (QED) is 0.807. The van der Waals surface area contributed by atoms with Crippen LogP contribution in [0.15, 0.2) is 0 Å². The van der Waals surface area contributed by atoms with E-state index < -0.39 is 5.97 Å². The molecule has 0 aliphatic carbocycles. The number of hydrogen-bond donors (Lipinski definition) is 1. The van der Waals surface area contributed by atoms with Crippen LogP contribution in [0.2, 0.25) is 0 Å². The van der Waals surface area contributed by atoms with Crippen molar-refractivity contribution in [3.05, 3.63) is 0 Å². The van der Waals surface area contributed by atoms with Crippen LogP contribution in [0.25, 0.3) is 0 Å². The van der Waals surface area contributed by atoms with Gasteiger partial charge in [-0.1, -0.05) is 0 Å². The molecule has 0 saturated carbocycles. The van der Waals surface area contributed by atoms with Crippen LogP contribution in [-0.2, 0) is 9.53 Å². The van der Waals surface area contributed by atoms with E-state index in [0.717, 1.165) is 13.0 Å². The molecule has 4 nitrogen and oxygen atoms in total. The normalized spacial score (nSPS) is 25.2. The van der Waals surface area contributed by atoms with Gasteiger partial charge in [-0.3, -0.25) is 9.69 Å². The van der Waals surface area contributed by atoms with Crippen LogP contribution in [0.4, 0.5) is 0 Å². The van der Waals surface area contributed by atoms with Gasteiger partial charge in [-0.2, -0.15) is 0 Å². The van der Waals surface area contributed by atoms with Crippen LogP contribution < -0.4 is 0 Å². The molecule has 19 heavy (non-hydrogen) atoms. The summed E-state index contributed by atoms with van der Waals surface area (Å²) >= 11 is 0. The summed E-state index contributed by atoms with van der Waals surface area (Å²) in [5, 5.41) is 8.77. The van der Waals surface area contributed by atoms with Crippen LogP contribution in [0.1, 0.15) is 60.8 Å². The van der Waals surface area contributed by atoms with Gasteiger partial charge in [-0.15, -0.1) is 0 Å². The molecule has 0 aromatic carbocycles. The van der Waals surface area contributed by atoms with Crippen LogP contribution in [0.3, 0.4) is 0 Å². The van der Waals surface area contributed by atoms with Gasteiger partial charge in [0.2, 0.25) is 0 Å². The molecule has 1 saturated heterocycles. The number of hydrogen-bond acceptors (Lipinski definition) is 3. The van der Waals surface area contributed by atoms with E-state index in [1.165, 1.54) is 0 Å². The molecule has 0 amide bonds. The molecule has 1 heterocycles. The fourth-order valence-corrected chi connectivity index (χ4v) is 3.24. The maximum absolute atomic E-state index is 10.7. The van der Waals surface area contributed by atoms with Gasteiger partial charge in [-0.05, 0) is 60.9 Å². The zero-order valence-corrected chi connectivity index (χ0v) is 13.2. The van der Waals surface area contributed by atoms with Crippen LogP contribution in [0, 0.1) is 0 Å². The minimum Gasteiger partial charge on any atom is -0.481 e. The van der Waals surface area contributed by atoms with Crippen molar-refractivity contribution in [1.29, 1.82) is 0 Å². The average Bonchev–Trinajstić information content (AvgIpc) is 2.40. The maximum atomic E-state index is 10.7. The Morgan fingerprint density at radius 1 is 1.37 bits per heavy atom. The van der Waals surface area contributed by atoms with Crippen LogP contribution >= 0.6 is 0 Å². The monoisotopic (exact) mass is 271 g/mol. The third-order valence-electron chi connectivity index (χ3n) is 3.90. The van der Waals surface area contributed by atoms with Gasteiger partial charge >= 0.3 is 5.97 Å². The van der Waals surface area contributed by atoms with Crippen LogP contribution in [-0.4, -0.2) is 45.8 Å². The van der Waals surface area contributed by atoms with E-state index in [1.807, 2.05) is 0 Å². The highest BCUT2D eigenvalue weighted by Gasteiger charge is 2.48. The van der Waals surface area contributed by atoms with Gasteiger partial charge in [0.05, 0.1) is 11.2 Å². The standard InChI is InChI=1S/C15H29NO3/c1-11(2)16(9-7-8-13(17)18)12-10-14(3,4)19-15(12,5)6/h11-12H,7-10H2,1-6H3,(H,17,18). The first-order valence-electron chi connectivity index (χ1n) is 7.23. The fraction of sp³-hybridized carbons (Fsp3) is 0.933. The van der Waals surface area contributed by atoms with Crippen molar-refractivity contribution >= 4 is 5.97 Å². The summed E-state index contributed by atoms with van der Waals surface area (Å²) in [6.45, 7) is 13.7. The first kappa shape index (κ1) is 16.4. The molecule has 0 bridgehead atoms. The SMILES string of the molecule is CC(C)N(CCCC(=O)O)C1CC(C)(C)OC1(C)C. The van der Waals surface area contributed by atoms with E-state index in [2.05, 4.69) is 46.4 Å². The summed E-state index contributed by atoms with van der Waals surface area (Å²) in [6.07, 6.45) is 1.92. The number of rotatable bonds is 6. The Kier molecular flexibility index (Phi) is 5.02. The van der Waals surface area contributed by atoms with Gasteiger partial charge < -0.3 is 9.84 Å². The molecule has 1 rings (SSSR count). The molecule has 1 atom stereocenters. The largest absolute Gasteiger partial charge is 0.481 e. The second-order valence-electron chi connectivity index (χ2n) is 7.01. The predicted octanol–water partition coefficient (Wildman–Crippen LogP) is 2.91. The number of ether oxygens (including phenoxy) is 1. The second kappa shape index (κ2) is 5.80. The van der Waals surface area contributed by atoms with E-state index in [9.17, 15) is 4.79 Å². The Labute approximate surface area is 117 Å². The number of carboxylic acid groups (broad SMARTS) is 1. The van der Waals surface area contributed by atoms with Crippen molar-refractivity contribution in [3.8, 4) is 0 Å². The number of nitrogens with zero attached hydrogens (tertiary/aromatic N) is 1. The van der Waals surface area contributed by atoms with Crippen molar-refractivity contribution in [3.63, 3.8) is 0 Å². The summed E-state index contributed by atoms with van der Waals surface area (Å²) < 4.78 is 6.15. The zero-order chi connectivity index (χ0) is 14.8. The lowest BCUT2D eigenvalue weighted by molar-refractivity contribution is -0.137. The molecular formula is C15H29NO3. The van der Waals surface area contributed by atoms with E-state index in [0.29, 0.717) is 18.5 Å². The van der Waals surface area contributed by atoms with E-state index in [1.54, 1.807) is 0 Å². The second-order valence-corrected chi connectivity index (χ2v) is 7.01. The van der Waals surface area contributed by atoms with Gasteiger partial charge in [0.1, 0.15) is 0 Å². The molecule has 0 aromatic heterocycles. The van der Waals surface area contributed by atoms with Crippen molar-refractivity contribution in [1.82, 2.24) is 4.90 Å². The Morgan fingerprint density at radius 2 is 1.95 bits per heavy atom. The molecule has 1 aliphatic rings. The summed E-state index contributed by atoms with van der Waals surface area (Å²) in [5.41, 5.74) is -0.287. The molecule has 0 aromatic rings. The maximum Gasteiger partial charge on any atom is 0.303 e. The highest BCUT2D eigenvalue weighted by atomic mass is 16.5. The van der Waals surface area contributed by atoms with Crippen molar-refractivity contribution < 1.29 is 14.6 Å². The van der Waals surface area contributed by atoms with Gasteiger partial charge in [-0.25, -0.2) is 0 Å². The first-order valence-corrected chi connectivity index (χ1v) is 7.23. The molecule has 1 fully saturated rings. The molecule has 4 heteroatoms. The van der Waals surface area contributed by atoms with Gasteiger partial charge in [0.25, 0.3) is 0 Å². The summed E-state index contributed by atoms with van der Waals surface area (Å²) in [7, 11) is 0. The predicted molar refractivity (Wildman–Crippen MR) is 76.4 cm³/mol. The third kappa shape index (κ3) is 4.46. The number of aliphatic carboxylic acids is 1. The summed E-state index contributed by atoms with van der Waals surface area (Å²) in [5.74, 6) is -0.717. The van der Waals surface area contributed by atoms with E-state index in [-0.39, 0.29) is 17.6 Å². The van der Waals surface area contributed by atoms with Gasteiger partial charge in [0.15, 0.2) is 0 Å².